The van der Waals surface area contributed by atoms with Gasteiger partial charge in [0.15, 0.2) is 0 Å². The largest absolute Gasteiger partial charge is 0.463 e. The van der Waals surface area contributed by atoms with Crippen LogP contribution in [0.1, 0.15) is 33.1 Å². The lowest BCUT2D eigenvalue weighted by molar-refractivity contribution is -0.138. The van der Waals surface area contributed by atoms with Crippen molar-refractivity contribution in [1.29, 1.82) is 0 Å². The van der Waals surface area contributed by atoms with Crippen LogP contribution in [0.4, 0.5) is 0 Å². The molecule has 0 bridgehead atoms. The van der Waals surface area contributed by atoms with E-state index in [0.717, 1.165) is 18.5 Å². The van der Waals surface area contributed by atoms with Crippen LogP contribution in [0.3, 0.4) is 0 Å². The van der Waals surface area contributed by atoms with E-state index >= 15 is 0 Å². The molecule has 0 aromatic carbocycles. The first-order valence-corrected chi connectivity index (χ1v) is 5.85. The average Bonchev–Trinajstić information content (AvgIpc) is 2.77. The van der Waals surface area contributed by atoms with Crippen LogP contribution in [0, 0.1) is 0 Å². The second kappa shape index (κ2) is 4.35. The highest BCUT2D eigenvalue weighted by Gasteiger charge is 2.34. The maximum atomic E-state index is 11.6. The van der Waals surface area contributed by atoms with E-state index in [1.165, 1.54) is 25.0 Å². The van der Waals surface area contributed by atoms with Crippen molar-refractivity contribution in [2.24, 2.45) is 0 Å². The highest BCUT2D eigenvalue weighted by Crippen LogP contribution is 2.34. The summed E-state index contributed by atoms with van der Waals surface area (Å²) in [5, 5.41) is 0. The minimum absolute atomic E-state index is 0.124. The maximum Gasteiger partial charge on any atom is 0.333 e. The first kappa shape index (κ1) is 10.7. The molecule has 0 aromatic heterocycles. The minimum Gasteiger partial charge on any atom is -0.463 e. The lowest BCUT2D eigenvalue weighted by atomic mass is 10.0. The third-order valence-electron chi connectivity index (χ3n) is 3.50. The van der Waals surface area contributed by atoms with E-state index in [1.807, 2.05) is 13.8 Å². The van der Waals surface area contributed by atoms with Crippen LogP contribution in [-0.2, 0) is 9.53 Å². The van der Waals surface area contributed by atoms with Gasteiger partial charge in [0, 0.05) is 18.2 Å². The molecule has 2 rings (SSSR count). The van der Waals surface area contributed by atoms with E-state index in [0.29, 0.717) is 12.6 Å². The Morgan fingerprint density at radius 1 is 1.53 bits per heavy atom. The van der Waals surface area contributed by atoms with Gasteiger partial charge in [-0.3, -0.25) is 4.90 Å². The van der Waals surface area contributed by atoms with Crippen LogP contribution >= 0.6 is 0 Å². The number of carbonyl (C=O) groups is 1. The summed E-state index contributed by atoms with van der Waals surface area (Å²) >= 11 is 0. The SMILES string of the molecule is CCOC(=O)C(C)=C1CCN2CCCC12. The van der Waals surface area contributed by atoms with Crippen molar-refractivity contribution in [1.82, 2.24) is 4.90 Å². The van der Waals surface area contributed by atoms with Crippen molar-refractivity contribution >= 4 is 5.97 Å². The van der Waals surface area contributed by atoms with Gasteiger partial charge >= 0.3 is 5.97 Å². The molecule has 1 atom stereocenters. The average molecular weight is 209 g/mol. The fourth-order valence-electron chi connectivity index (χ4n) is 2.73. The van der Waals surface area contributed by atoms with Gasteiger partial charge in [0.25, 0.3) is 0 Å². The Morgan fingerprint density at radius 3 is 3.07 bits per heavy atom. The molecule has 2 aliphatic heterocycles. The minimum atomic E-state index is -0.124. The summed E-state index contributed by atoms with van der Waals surface area (Å²) in [6.45, 7) is 6.56. The monoisotopic (exact) mass is 209 g/mol. The molecule has 0 spiro atoms. The Morgan fingerprint density at radius 2 is 2.33 bits per heavy atom. The highest BCUT2D eigenvalue weighted by atomic mass is 16.5. The molecular formula is C12H19NO2. The van der Waals surface area contributed by atoms with Crippen molar-refractivity contribution in [2.75, 3.05) is 19.7 Å². The fraction of sp³-hybridized carbons (Fsp3) is 0.750. The molecule has 84 valence electrons. The molecule has 0 aromatic rings. The Hall–Kier alpha value is -0.830. The van der Waals surface area contributed by atoms with E-state index in [9.17, 15) is 4.79 Å². The molecule has 0 N–H and O–H groups in total. The molecule has 15 heavy (non-hydrogen) atoms. The van der Waals surface area contributed by atoms with Gasteiger partial charge in [-0.25, -0.2) is 4.79 Å². The molecular weight excluding hydrogens is 190 g/mol. The Kier molecular flexibility index (Phi) is 3.10. The third-order valence-corrected chi connectivity index (χ3v) is 3.50. The van der Waals surface area contributed by atoms with Crippen molar-refractivity contribution in [3.05, 3.63) is 11.1 Å². The topological polar surface area (TPSA) is 29.5 Å². The number of esters is 1. The van der Waals surface area contributed by atoms with E-state index in [1.54, 1.807) is 0 Å². The standard InChI is InChI=1S/C12H19NO2/c1-3-15-12(14)9(2)10-6-8-13-7-4-5-11(10)13/h11H,3-8H2,1-2H3. The number of hydrogen-bond donors (Lipinski definition) is 0. The Labute approximate surface area is 91.1 Å². The summed E-state index contributed by atoms with van der Waals surface area (Å²) in [5.41, 5.74) is 2.18. The maximum absolute atomic E-state index is 11.6. The van der Waals surface area contributed by atoms with Crippen LogP contribution in [0.5, 0.6) is 0 Å². The summed E-state index contributed by atoms with van der Waals surface area (Å²) in [7, 11) is 0. The van der Waals surface area contributed by atoms with E-state index in [4.69, 9.17) is 4.74 Å². The number of fused-ring (bicyclic) bond motifs is 1. The molecule has 1 unspecified atom stereocenters. The Balaban J connectivity index is 2.14. The summed E-state index contributed by atoms with van der Waals surface area (Å²) in [6, 6.07) is 0.536. The van der Waals surface area contributed by atoms with Crippen molar-refractivity contribution in [3.8, 4) is 0 Å². The van der Waals surface area contributed by atoms with Crippen LogP contribution in [0.25, 0.3) is 0 Å². The van der Waals surface area contributed by atoms with Gasteiger partial charge < -0.3 is 4.74 Å². The number of nitrogens with zero attached hydrogens (tertiary/aromatic N) is 1. The van der Waals surface area contributed by atoms with Gasteiger partial charge in [0.05, 0.1) is 6.61 Å². The number of rotatable bonds is 2. The molecule has 0 amide bonds. The molecule has 2 fully saturated rings. The van der Waals surface area contributed by atoms with Crippen LogP contribution < -0.4 is 0 Å². The number of carbonyl (C=O) groups excluding carboxylic acids is 1. The quantitative estimate of drug-likeness (QED) is 0.512. The van der Waals surface area contributed by atoms with E-state index < -0.39 is 0 Å². The van der Waals surface area contributed by atoms with Gasteiger partial charge in [-0.05, 0) is 45.2 Å². The first-order chi connectivity index (χ1) is 7.24. The normalized spacial score (nSPS) is 29.1. The van der Waals surface area contributed by atoms with Gasteiger partial charge in [-0.15, -0.1) is 0 Å². The van der Waals surface area contributed by atoms with Gasteiger partial charge in [0.1, 0.15) is 0 Å². The molecule has 2 aliphatic rings. The highest BCUT2D eigenvalue weighted by molar-refractivity contribution is 5.89. The molecule has 0 aliphatic carbocycles. The number of hydrogen-bond acceptors (Lipinski definition) is 3. The van der Waals surface area contributed by atoms with Crippen molar-refractivity contribution < 1.29 is 9.53 Å². The van der Waals surface area contributed by atoms with Gasteiger partial charge in [-0.2, -0.15) is 0 Å². The summed E-state index contributed by atoms with van der Waals surface area (Å²) in [4.78, 5) is 14.1. The second-order valence-corrected chi connectivity index (χ2v) is 4.31. The van der Waals surface area contributed by atoms with Crippen LogP contribution in [0.15, 0.2) is 11.1 Å². The lowest BCUT2D eigenvalue weighted by Gasteiger charge is -2.15. The first-order valence-electron chi connectivity index (χ1n) is 5.85. The zero-order valence-corrected chi connectivity index (χ0v) is 9.58. The third kappa shape index (κ3) is 1.93. The number of ether oxygens (including phenoxy) is 1. The van der Waals surface area contributed by atoms with Gasteiger partial charge in [0.2, 0.25) is 0 Å². The van der Waals surface area contributed by atoms with E-state index in [2.05, 4.69) is 4.90 Å². The summed E-state index contributed by atoms with van der Waals surface area (Å²) < 4.78 is 5.05. The molecule has 2 heterocycles. The zero-order valence-electron chi connectivity index (χ0n) is 9.58. The van der Waals surface area contributed by atoms with Crippen molar-refractivity contribution in [2.45, 2.75) is 39.2 Å². The lowest BCUT2D eigenvalue weighted by Crippen LogP contribution is -2.23. The van der Waals surface area contributed by atoms with Gasteiger partial charge in [-0.1, -0.05) is 0 Å². The molecule has 3 heteroatoms. The molecule has 0 radical (unpaired) electrons. The predicted molar refractivity (Wildman–Crippen MR) is 58.5 cm³/mol. The molecule has 3 nitrogen and oxygen atoms in total. The predicted octanol–water partition coefficient (Wildman–Crippen LogP) is 1.73. The summed E-state index contributed by atoms with van der Waals surface area (Å²) in [6.07, 6.45) is 3.53. The van der Waals surface area contributed by atoms with Crippen LogP contribution in [-0.4, -0.2) is 36.6 Å². The molecule has 2 saturated heterocycles. The molecule has 0 saturated carbocycles. The van der Waals surface area contributed by atoms with E-state index in [-0.39, 0.29) is 5.97 Å². The summed E-state index contributed by atoms with van der Waals surface area (Å²) in [5.74, 6) is -0.124. The second-order valence-electron chi connectivity index (χ2n) is 4.31. The zero-order chi connectivity index (χ0) is 10.8. The van der Waals surface area contributed by atoms with Crippen molar-refractivity contribution in [3.63, 3.8) is 0 Å². The fourth-order valence-corrected chi connectivity index (χ4v) is 2.73. The van der Waals surface area contributed by atoms with Crippen LogP contribution in [0.2, 0.25) is 0 Å². The smallest absolute Gasteiger partial charge is 0.333 e. The Bertz CT molecular complexity index is 296.